The Bertz CT molecular complexity index is 1090. The molecule has 2 aliphatic rings. The van der Waals surface area contributed by atoms with Gasteiger partial charge in [-0.25, -0.2) is 0 Å². The van der Waals surface area contributed by atoms with Crippen molar-refractivity contribution in [3.8, 4) is 0 Å². The number of anilines is 3. The second kappa shape index (κ2) is 10.5. The van der Waals surface area contributed by atoms with Crippen LogP contribution < -0.4 is 15.5 Å². The Morgan fingerprint density at radius 1 is 0.853 bits per heavy atom. The number of allylic oxidation sites excluding steroid dienone is 2. The normalized spacial score (nSPS) is 20.0. The van der Waals surface area contributed by atoms with Crippen LogP contribution in [0.5, 0.6) is 0 Å². The smallest absolute Gasteiger partial charge is 0.307 e. The fourth-order valence-electron chi connectivity index (χ4n) is 4.65. The lowest BCUT2D eigenvalue weighted by molar-refractivity contribution is -0.146. The van der Waals surface area contributed by atoms with Crippen LogP contribution >= 0.6 is 0 Å². The first-order chi connectivity index (χ1) is 16.4. The molecule has 178 valence electrons. The van der Waals surface area contributed by atoms with E-state index in [0.717, 1.165) is 37.2 Å². The monoisotopic (exact) mass is 461 g/mol. The summed E-state index contributed by atoms with van der Waals surface area (Å²) >= 11 is 0. The lowest BCUT2D eigenvalue weighted by Crippen LogP contribution is -2.35. The van der Waals surface area contributed by atoms with Crippen molar-refractivity contribution in [3.63, 3.8) is 0 Å². The Morgan fingerprint density at radius 2 is 1.50 bits per heavy atom. The SMILES string of the molecule is Cc1ccc(NC(=O)c2cc(NC(=O)[C@H]3CC=CC[C@H]3C(=O)O)ccc2N2CCCCC2)cc1. The summed E-state index contributed by atoms with van der Waals surface area (Å²) in [7, 11) is 0. The van der Waals surface area contributed by atoms with Crippen molar-refractivity contribution < 1.29 is 19.5 Å². The summed E-state index contributed by atoms with van der Waals surface area (Å²) in [5.74, 6) is -2.95. The number of carbonyl (C=O) groups is 3. The molecule has 0 spiro atoms. The lowest BCUT2D eigenvalue weighted by atomic mass is 9.82. The van der Waals surface area contributed by atoms with Gasteiger partial charge in [0, 0.05) is 30.2 Å². The summed E-state index contributed by atoms with van der Waals surface area (Å²) in [6.45, 7) is 3.75. The molecule has 2 aromatic rings. The molecule has 2 amide bonds. The number of amides is 2. The number of carboxylic acids is 1. The van der Waals surface area contributed by atoms with Gasteiger partial charge < -0.3 is 20.6 Å². The van der Waals surface area contributed by atoms with Gasteiger partial charge in [-0.3, -0.25) is 14.4 Å². The maximum Gasteiger partial charge on any atom is 0.307 e. The number of carbonyl (C=O) groups excluding carboxylic acids is 2. The summed E-state index contributed by atoms with van der Waals surface area (Å²) in [5.41, 5.74) is 3.62. The van der Waals surface area contributed by atoms with Gasteiger partial charge in [0.05, 0.1) is 17.4 Å². The van der Waals surface area contributed by atoms with Gasteiger partial charge in [-0.1, -0.05) is 29.8 Å². The molecule has 0 saturated carbocycles. The molecule has 3 N–H and O–H groups in total. The number of benzene rings is 2. The Labute approximate surface area is 199 Å². The fraction of sp³-hybridized carbons (Fsp3) is 0.370. The van der Waals surface area contributed by atoms with Gasteiger partial charge >= 0.3 is 5.97 Å². The molecule has 0 unspecified atom stereocenters. The van der Waals surface area contributed by atoms with Gasteiger partial charge in [-0.2, -0.15) is 0 Å². The van der Waals surface area contributed by atoms with Crippen molar-refractivity contribution in [2.75, 3.05) is 28.6 Å². The van der Waals surface area contributed by atoms with Crippen molar-refractivity contribution in [3.05, 3.63) is 65.7 Å². The number of hydrogen-bond donors (Lipinski definition) is 3. The highest BCUT2D eigenvalue weighted by molar-refractivity contribution is 6.09. The van der Waals surface area contributed by atoms with Gasteiger partial charge in [-0.05, 0) is 69.4 Å². The van der Waals surface area contributed by atoms with E-state index in [1.165, 1.54) is 6.42 Å². The zero-order valence-electron chi connectivity index (χ0n) is 19.4. The van der Waals surface area contributed by atoms with E-state index in [0.29, 0.717) is 29.8 Å². The second-order valence-electron chi connectivity index (χ2n) is 9.08. The number of nitrogens with zero attached hydrogens (tertiary/aromatic N) is 1. The van der Waals surface area contributed by atoms with Crippen LogP contribution in [0.2, 0.25) is 0 Å². The summed E-state index contributed by atoms with van der Waals surface area (Å²) in [6, 6.07) is 13.0. The molecule has 1 saturated heterocycles. The van der Waals surface area contributed by atoms with Crippen LogP contribution in [0.15, 0.2) is 54.6 Å². The summed E-state index contributed by atoms with van der Waals surface area (Å²) in [5, 5.41) is 15.3. The zero-order chi connectivity index (χ0) is 24.1. The van der Waals surface area contributed by atoms with E-state index in [1.54, 1.807) is 12.1 Å². The Morgan fingerprint density at radius 3 is 2.18 bits per heavy atom. The second-order valence-corrected chi connectivity index (χ2v) is 9.08. The van der Waals surface area contributed by atoms with E-state index in [-0.39, 0.29) is 11.8 Å². The predicted molar refractivity (Wildman–Crippen MR) is 133 cm³/mol. The highest BCUT2D eigenvalue weighted by atomic mass is 16.4. The van der Waals surface area contributed by atoms with Gasteiger partial charge in [0.1, 0.15) is 0 Å². The van der Waals surface area contributed by atoms with Crippen LogP contribution in [0.4, 0.5) is 17.1 Å². The standard InChI is InChI=1S/C27H31N3O4/c1-18-9-11-19(12-10-18)28-26(32)23-17-20(13-14-24(23)30-15-5-2-6-16-30)29-25(31)21-7-3-4-8-22(21)27(33)34/h3-4,9-14,17,21-22H,2,5-8,15-16H2,1H3,(H,28,32)(H,29,31)(H,33,34)/t21-,22+/m0/s1. The molecule has 2 aromatic carbocycles. The van der Waals surface area contributed by atoms with Crippen LogP contribution in [0.3, 0.4) is 0 Å². The molecule has 0 radical (unpaired) electrons. The van der Waals surface area contributed by atoms with Crippen LogP contribution in [0.1, 0.15) is 48.0 Å². The average molecular weight is 462 g/mol. The van der Waals surface area contributed by atoms with Crippen molar-refractivity contribution >= 4 is 34.8 Å². The molecule has 7 nitrogen and oxygen atoms in total. The number of hydrogen-bond acceptors (Lipinski definition) is 4. The topological polar surface area (TPSA) is 98.7 Å². The molecule has 4 rings (SSSR count). The highest BCUT2D eigenvalue weighted by Gasteiger charge is 2.34. The maximum atomic E-state index is 13.3. The third kappa shape index (κ3) is 5.47. The van der Waals surface area contributed by atoms with Gasteiger partial charge in [0.25, 0.3) is 5.91 Å². The fourth-order valence-corrected chi connectivity index (χ4v) is 4.65. The minimum Gasteiger partial charge on any atom is -0.481 e. The number of aryl methyl sites for hydroxylation is 1. The van der Waals surface area contributed by atoms with Gasteiger partial charge in [-0.15, -0.1) is 0 Å². The molecule has 0 aromatic heterocycles. The van der Waals surface area contributed by atoms with E-state index in [2.05, 4.69) is 15.5 Å². The molecule has 1 heterocycles. The molecule has 1 aliphatic carbocycles. The van der Waals surface area contributed by atoms with Crippen molar-refractivity contribution in [1.82, 2.24) is 0 Å². The Kier molecular flexibility index (Phi) is 7.30. The first kappa shape index (κ1) is 23.5. The number of piperidine rings is 1. The minimum atomic E-state index is -0.969. The van der Waals surface area contributed by atoms with E-state index in [1.807, 2.05) is 49.4 Å². The molecule has 2 atom stereocenters. The highest BCUT2D eigenvalue weighted by Crippen LogP contribution is 2.30. The summed E-state index contributed by atoms with van der Waals surface area (Å²) in [4.78, 5) is 40.1. The third-order valence-electron chi connectivity index (χ3n) is 6.60. The number of nitrogens with one attached hydrogen (secondary N) is 2. The Balaban J connectivity index is 1.59. The minimum absolute atomic E-state index is 0.246. The van der Waals surface area contributed by atoms with Crippen LogP contribution in [-0.4, -0.2) is 36.0 Å². The lowest BCUT2D eigenvalue weighted by Gasteiger charge is -2.31. The van der Waals surface area contributed by atoms with Crippen molar-refractivity contribution in [2.24, 2.45) is 11.8 Å². The van der Waals surface area contributed by atoms with E-state index in [9.17, 15) is 19.5 Å². The third-order valence-corrected chi connectivity index (χ3v) is 6.60. The quantitative estimate of drug-likeness (QED) is 0.535. The Hall–Kier alpha value is -3.61. The van der Waals surface area contributed by atoms with Crippen LogP contribution in [0.25, 0.3) is 0 Å². The van der Waals surface area contributed by atoms with Crippen LogP contribution in [-0.2, 0) is 9.59 Å². The maximum absolute atomic E-state index is 13.3. The first-order valence-corrected chi connectivity index (χ1v) is 11.9. The van der Waals surface area contributed by atoms with E-state index in [4.69, 9.17) is 0 Å². The molecule has 1 fully saturated rings. The molecular formula is C27H31N3O4. The van der Waals surface area contributed by atoms with E-state index >= 15 is 0 Å². The predicted octanol–water partition coefficient (Wildman–Crippen LogP) is 4.84. The van der Waals surface area contributed by atoms with Crippen LogP contribution in [0, 0.1) is 18.8 Å². The molecule has 0 bridgehead atoms. The summed E-state index contributed by atoms with van der Waals surface area (Å²) < 4.78 is 0. The molecular weight excluding hydrogens is 430 g/mol. The largest absolute Gasteiger partial charge is 0.481 e. The zero-order valence-corrected chi connectivity index (χ0v) is 19.4. The molecule has 7 heteroatoms. The average Bonchev–Trinajstić information content (AvgIpc) is 2.86. The summed E-state index contributed by atoms with van der Waals surface area (Å²) in [6.07, 6.45) is 7.71. The van der Waals surface area contributed by atoms with Crippen molar-refractivity contribution in [2.45, 2.75) is 39.0 Å². The first-order valence-electron chi connectivity index (χ1n) is 11.9. The van der Waals surface area contributed by atoms with E-state index < -0.39 is 17.8 Å². The number of aliphatic carboxylic acids is 1. The van der Waals surface area contributed by atoms with Gasteiger partial charge in [0.15, 0.2) is 0 Å². The molecule has 34 heavy (non-hydrogen) atoms. The van der Waals surface area contributed by atoms with Crippen molar-refractivity contribution in [1.29, 1.82) is 0 Å². The van der Waals surface area contributed by atoms with Gasteiger partial charge in [0.2, 0.25) is 5.91 Å². The molecule has 1 aliphatic heterocycles. The number of carboxylic acid groups (broad SMARTS) is 1. The number of rotatable bonds is 6.